The van der Waals surface area contributed by atoms with Gasteiger partial charge in [-0.1, -0.05) is 35.5 Å². The Bertz CT molecular complexity index is 506. The van der Waals surface area contributed by atoms with Crippen LogP contribution < -0.4 is 5.32 Å². The maximum absolute atomic E-state index is 5.41. The lowest BCUT2D eigenvalue weighted by Gasteiger charge is -2.09. The van der Waals surface area contributed by atoms with Crippen LogP contribution in [0, 0.1) is 0 Å². The number of rotatable bonds is 6. The van der Waals surface area contributed by atoms with Gasteiger partial charge in [-0.25, -0.2) is 0 Å². The third kappa shape index (κ3) is 4.23. The van der Waals surface area contributed by atoms with Crippen molar-refractivity contribution in [3.63, 3.8) is 0 Å². The normalized spacial score (nSPS) is 13.6. The number of thioether (sulfide) groups is 1. The fraction of sp³-hybridized carbons (Fsp3) is 0.429. The lowest BCUT2D eigenvalue weighted by molar-refractivity contribution is 0.375. The zero-order valence-corrected chi connectivity index (χ0v) is 13.5. The average Bonchev–Trinajstić information content (AvgIpc) is 2.89. The summed E-state index contributed by atoms with van der Waals surface area (Å²) >= 11 is 1.70. The molecule has 6 heteroatoms. The minimum atomic E-state index is 0. The van der Waals surface area contributed by atoms with Gasteiger partial charge in [-0.05, 0) is 25.8 Å². The van der Waals surface area contributed by atoms with Crippen LogP contribution in [-0.2, 0) is 6.42 Å². The first-order chi connectivity index (χ1) is 9.24. The van der Waals surface area contributed by atoms with Crippen molar-refractivity contribution in [3.8, 4) is 0 Å². The Hall–Kier alpha value is -1.04. The molecule has 2 atom stereocenters. The van der Waals surface area contributed by atoms with Gasteiger partial charge in [0.05, 0.1) is 0 Å². The molecule has 1 N–H and O–H groups in total. The molecule has 2 aromatic rings. The van der Waals surface area contributed by atoms with Crippen LogP contribution in [0.1, 0.15) is 29.5 Å². The van der Waals surface area contributed by atoms with Crippen molar-refractivity contribution >= 4 is 24.2 Å². The van der Waals surface area contributed by atoms with Crippen molar-refractivity contribution in [1.29, 1.82) is 0 Å². The molecule has 0 amide bonds. The number of hydrogen-bond acceptors (Lipinski definition) is 5. The summed E-state index contributed by atoms with van der Waals surface area (Å²) in [6.45, 7) is 2.10. The molecule has 0 fully saturated rings. The summed E-state index contributed by atoms with van der Waals surface area (Å²) in [6.07, 6.45) is 2.83. The highest BCUT2D eigenvalue weighted by Crippen LogP contribution is 2.32. The quantitative estimate of drug-likeness (QED) is 0.888. The lowest BCUT2D eigenvalue weighted by Crippen LogP contribution is -2.24. The number of likely N-dealkylation sites (N-methyl/N-ethyl adjacent to an activating group) is 1. The van der Waals surface area contributed by atoms with E-state index in [1.54, 1.807) is 11.8 Å². The molecule has 0 saturated carbocycles. The van der Waals surface area contributed by atoms with Gasteiger partial charge in [0, 0.05) is 12.5 Å². The predicted octanol–water partition coefficient (Wildman–Crippen LogP) is 3.09. The monoisotopic (exact) mass is 313 g/mol. The number of benzene rings is 1. The molecular weight excluding hydrogens is 294 g/mol. The van der Waals surface area contributed by atoms with Crippen LogP contribution in [0.5, 0.6) is 0 Å². The van der Waals surface area contributed by atoms with E-state index in [9.17, 15) is 0 Å². The molecule has 1 aromatic carbocycles. The summed E-state index contributed by atoms with van der Waals surface area (Å²) in [6, 6.07) is 10.6. The van der Waals surface area contributed by atoms with Crippen molar-refractivity contribution < 1.29 is 4.52 Å². The highest BCUT2D eigenvalue weighted by molar-refractivity contribution is 7.99. The van der Waals surface area contributed by atoms with Crippen LogP contribution in [0.2, 0.25) is 0 Å². The van der Waals surface area contributed by atoms with Crippen molar-refractivity contribution in [2.45, 2.75) is 24.6 Å². The summed E-state index contributed by atoms with van der Waals surface area (Å²) in [5.41, 5.74) is 1.19. The van der Waals surface area contributed by atoms with Crippen LogP contribution in [0.25, 0.3) is 0 Å². The molecule has 0 saturated heterocycles. The Morgan fingerprint density at radius 2 is 2.00 bits per heavy atom. The molecule has 0 bridgehead atoms. The van der Waals surface area contributed by atoms with E-state index in [0.717, 1.165) is 12.2 Å². The zero-order chi connectivity index (χ0) is 13.7. The number of aromatic nitrogens is 2. The number of nitrogens with one attached hydrogen (secondary N) is 1. The lowest BCUT2D eigenvalue weighted by atomic mass is 10.1. The van der Waals surface area contributed by atoms with Gasteiger partial charge in [-0.15, -0.1) is 24.2 Å². The van der Waals surface area contributed by atoms with Gasteiger partial charge in [0.2, 0.25) is 5.89 Å². The molecule has 0 aliphatic carbocycles. The van der Waals surface area contributed by atoms with Crippen molar-refractivity contribution in [3.05, 3.63) is 47.6 Å². The largest absolute Gasteiger partial charge is 0.338 e. The Balaban J connectivity index is 0.00000200. The molecule has 2 unspecified atom stereocenters. The zero-order valence-electron chi connectivity index (χ0n) is 11.9. The third-order valence-electron chi connectivity index (χ3n) is 3.03. The second-order valence-electron chi connectivity index (χ2n) is 4.47. The fourth-order valence-electron chi connectivity index (χ4n) is 1.84. The topological polar surface area (TPSA) is 51.0 Å². The van der Waals surface area contributed by atoms with Gasteiger partial charge in [-0.2, -0.15) is 4.98 Å². The molecule has 110 valence electrons. The molecule has 0 aliphatic rings. The highest BCUT2D eigenvalue weighted by atomic mass is 35.5. The van der Waals surface area contributed by atoms with Crippen molar-refractivity contribution in [2.24, 2.45) is 0 Å². The highest BCUT2D eigenvalue weighted by Gasteiger charge is 2.20. The van der Waals surface area contributed by atoms with E-state index in [2.05, 4.69) is 40.8 Å². The van der Waals surface area contributed by atoms with Gasteiger partial charge in [0.1, 0.15) is 5.25 Å². The van der Waals surface area contributed by atoms with Gasteiger partial charge in [0.25, 0.3) is 0 Å². The Morgan fingerprint density at radius 1 is 1.30 bits per heavy atom. The van der Waals surface area contributed by atoms with Gasteiger partial charge in [-0.3, -0.25) is 0 Å². The third-order valence-corrected chi connectivity index (χ3v) is 3.97. The van der Waals surface area contributed by atoms with Crippen molar-refractivity contribution in [2.75, 3.05) is 13.3 Å². The van der Waals surface area contributed by atoms with E-state index in [0.29, 0.717) is 11.9 Å². The second kappa shape index (κ2) is 8.29. The van der Waals surface area contributed by atoms with E-state index in [-0.39, 0.29) is 17.7 Å². The maximum atomic E-state index is 5.41. The smallest absolute Gasteiger partial charge is 0.244 e. The summed E-state index contributed by atoms with van der Waals surface area (Å²) < 4.78 is 5.41. The number of halogens is 1. The Labute approximate surface area is 130 Å². The molecule has 1 aromatic heterocycles. The van der Waals surface area contributed by atoms with Gasteiger partial charge >= 0.3 is 0 Å². The van der Waals surface area contributed by atoms with Crippen molar-refractivity contribution in [1.82, 2.24) is 15.5 Å². The molecular formula is C14H20ClN3OS. The van der Waals surface area contributed by atoms with Crippen LogP contribution in [0.4, 0.5) is 0 Å². The minimum Gasteiger partial charge on any atom is -0.338 e. The van der Waals surface area contributed by atoms with E-state index >= 15 is 0 Å². The molecule has 2 rings (SSSR count). The molecule has 0 radical (unpaired) electrons. The molecule has 0 aliphatic heterocycles. The average molecular weight is 314 g/mol. The molecule has 20 heavy (non-hydrogen) atoms. The molecule has 4 nitrogen and oxygen atoms in total. The van der Waals surface area contributed by atoms with Crippen LogP contribution in [0.15, 0.2) is 34.9 Å². The molecule has 0 spiro atoms. The first-order valence-electron chi connectivity index (χ1n) is 6.32. The first kappa shape index (κ1) is 17.0. The predicted molar refractivity (Wildman–Crippen MR) is 85.6 cm³/mol. The van der Waals surface area contributed by atoms with E-state index in [1.165, 1.54) is 5.56 Å². The van der Waals surface area contributed by atoms with Gasteiger partial charge < -0.3 is 9.84 Å². The summed E-state index contributed by atoms with van der Waals surface area (Å²) in [5, 5.41) is 7.33. The Kier molecular flexibility index (Phi) is 7.05. The number of hydrogen-bond donors (Lipinski definition) is 1. The summed E-state index contributed by atoms with van der Waals surface area (Å²) in [5.74, 6) is 1.43. The maximum Gasteiger partial charge on any atom is 0.244 e. The number of nitrogens with zero attached hydrogens (tertiary/aromatic N) is 2. The van der Waals surface area contributed by atoms with E-state index < -0.39 is 0 Å². The summed E-state index contributed by atoms with van der Waals surface area (Å²) in [4.78, 5) is 4.51. The van der Waals surface area contributed by atoms with Crippen LogP contribution >= 0.6 is 24.2 Å². The standard InChI is InChI=1S/C14H19N3OS.ClH/c1-10(15-2)9-12-16-14(18-17-12)13(19-3)11-7-5-4-6-8-11;/h4-8,10,13,15H,9H2,1-3H3;1H. The van der Waals surface area contributed by atoms with Crippen LogP contribution in [0.3, 0.4) is 0 Å². The molecule has 1 heterocycles. The van der Waals surface area contributed by atoms with E-state index in [1.807, 2.05) is 25.2 Å². The minimum absolute atomic E-state index is 0. The first-order valence-corrected chi connectivity index (χ1v) is 7.61. The SMILES string of the molecule is CNC(C)Cc1noc(C(SC)c2ccccc2)n1.Cl. The van der Waals surface area contributed by atoms with Gasteiger partial charge in [0.15, 0.2) is 5.82 Å². The fourth-order valence-corrected chi connectivity index (χ4v) is 2.57. The van der Waals surface area contributed by atoms with Crippen LogP contribution in [-0.4, -0.2) is 29.5 Å². The Morgan fingerprint density at radius 3 is 2.60 bits per heavy atom. The summed E-state index contributed by atoms with van der Waals surface area (Å²) in [7, 11) is 1.93. The van der Waals surface area contributed by atoms with E-state index in [4.69, 9.17) is 4.52 Å². The second-order valence-corrected chi connectivity index (χ2v) is 5.41.